The molecule has 0 saturated carbocycles. The lowest BCUT2D eigenvalue weighted by molar-refractivity contribution is -0.0487. The van der Waals surface area contributed by atoms with E-state index >= 15 is 0 Å². The molecule has 1 unspecified atom stereocenters. The van der Waals surface area contributed by atoms with Crippen molar-refractivity contribution in [3.8, 4) is 0 Å². The number of aliphatic hydroxyl groups is 2. The molecule has 67 valence electrons. The van der Waals surface area contributed by atoms with Gasteiger partial charge in [-0.15, -0.1) is 0 Å². The summed E-state index contributed by atoms with van der Waals surface area (Å²) < 4.78 is 0. The van der Waals surface area contributed by atoms with Crippen LogP contribution >= 0.6 is 0 Å². The summed E-state index contributed by atoms with van der Waals surface area (Å²) in [6.07, 6.45) is 3.54. The Kier molecular flexibility index (Phi) is 6.57. The summed E-state index contributed by atoms with van der Waals surface area (Å²) in [6, 6.07) is 0. The third kappa shape index (κ3) is 7.82. The van der Waals surface area contributed by atoms with E-state index in [0.717, 1.165) is 25.7 Å². The summed E-state index contributed by atoms with van der Waals surface area (Å²) in [5.41, 5.74) is 0. The summed E-state index contributed by atoms with van der Waals surface area (Å²) >= 11 is 0. The second kappa shape index (κ2) is 6.62. The summed E-state index contributed by atoms with van der Waals surface area (Å²) in [5.74, 6) is 0.596. The fourth-order valence-corrected chi connectivity index (χ4v) is 1.07. The van der Waals surface area contributed by atoms with Crippen LogP contribution in [0.15, 0.2) is 0 Å². The van der Waals surface area contributed by atoms with E-state index in [4.69, 9.17) is 10.2 Å². The van der Waals surface area contributed by atoms with Crippen molar-refractivity contribution in [2.75, 3.05) is 0 Å². The fraction of sp³-hybridized carbons (Fsp3) is 0.889. The first kappa shape index (κ1) is 10.9. The van der Waals surface area contributed by atoms with Gasteiger partial charge < -0.3 is 10.2 Å². The maximum atomic E-state index is 8.57. The topological polar surface area (TPSA) is 40.5 Å². The Balaban J connectivity index is 3.15. The zero-order valence-electron chi connectivity index (χ0n) is 7.29. The van der Waals surface area contributed by atoms with Crippen molar-refractivity contribution >= 4 is 0 Å². The first-order chi connectivity index (χ1) is 5.16. The van der Waals surface area contributed by atoms with Gasteiger partial charge in [0.1, 0.15) is 0 Å². The zero-order chi connectivity index (χ0) is 8.69. The van der Waals surface area contributed by atoms with Crippen molar-refractivity contribution in [3.05, 3.63) is 6.92 Å². The zero-order valence-corrected chi connectivity index (χ0v) is 7.29. The van der Waals surface area contributed by atoms with E-state index in [-0.39, 0.29) is 0 Å². The summed E-state index contributed by atoms with van der Waals surface area (Å²) in [4.78, 5) is 0. The number of hydrogen-bond acceptors (Lipinski definition) is 2. The molecule has 0 rings (SSSR count). The van der Waals surface area contributed by atoms with Gasteiger partial charge in [-0.05, 0) is 18.8 Å². The molecule has 0 saturated heterocycles. The SMILES string of the molecule is [CH2]CCCC(C)CCC(O)O. The molecule has 0 aromatic carbocycles. The predicted octanol–water partition coefficient (Wildman–Crippen LogP) is 1.72. The summed E-state index contributed by atoms with van der Waals surface area (Å²) in [7, 11) is 0. The van der Waals surface area contributed by atoms with Crippen molar-refractivity contribution in [2.24, 2.45) is 5.92 Å². The molecule has 0 aliphatic rings. The van der Waals surface area contributed by atoms with E-state index in [1.807, 2.05) is 0 Å². The van der Waals surface area contributed by atoms with Crippen molar-refractivity contribution < 1.29 is 10.2 Å². The van der Waals surface area contributed by atoms with Gasteiger partial charge in [0.05, 0.1) is 0 Å². The minimum Gasteiger partial charge on any atom is -0.368 e. The lowest BCUT2D eigenvalue weighted by atomic mass is 9.99. The lowest BCUT2D eigenvalue weighted by Gasteiger charge is -2.10. The van der Waals surface area contributed by atoms with Gasteiger partial charge in [0.25, 0.3) is 0 Å². The minimum absolute atomic E-state index is 0.498. The lowest BCUT2D eigenvalue weighted by Crippen LogP contribution is -2.06. The molecule has 11 heavy (non-hydrogen) atoms. The van der Waals surface area contributed by atoms with Gasteiger partial charge in [-0.25, -0.2) is 0 Å². The van der Waals surface area contributed by atoms with Crippen molar-refractivity contribution in [1.82, 2.24) is 0 Å². The molecular formula is C9H19O2. The van der Waals surface area contributed by atoms with Gasteiger partial charge in [0.2, 0.25) is 0 Å². The van der Waals surface area contributed by atoms with Crippen LogP contribution < -0.4 is 0 Å². The fourth-order valence-electron chi connectivity index (χ4n) is 1.07. The largest absolute Gasteiger partial charge is 0.368 e. The van der Waals surface area contributed by atoms with Gasteiger partial charge in [-0.3, -0.25) is 0 Å². The van der Waals surface area contributed by atoms with Gasteiger partial charge in [0, 0.05) is 0 Å². The Bertz CT molecular complexity index is 81.6. The quantitative estimate of drug-likeness (QED) is 0.579. The molecular weight excluding hydrogens is 140 g/mol. The Hall–Kier alpha value is -0.0800. The standard InChI is InChI=1S/C9H19O2/c1-3-4-5-8(2)6-7-9(10)11/h8-11H,1,3-7H2,2H3. The molecule has 0 aliphatic carbocycles. The Morgan fingerprint density at radius 2 is 1.82 bits per heavy atom. The number of aliphatic hydroxyl groups excluding tert-OH is 1. The smallest absolute Gasteiger partial charge is 0.151 e. The Morgan fingerprint density at radius 1 is 1.18 bits per heavy atom. The second-order valence-corrected chi connectivity index (χ2v) is 3.16. The van der Waals surface area contributed by atoms with Crippen LogP contribution in [0.5, 0.6) is 0 Å². The maximum Gasteiger partial charge on any atom is 0.151 e. The van der Waals surface area contributed by atoms with E-state index in [2.05, 4.69) is 13.8 Å². The van der Waals surface area contributed by atoms with Crippen LogP contribution in [0.2, 0.25) is 0 Å². The average molecular weight is 159 g/mol. The molecule has 1 atom stereocenters. The van der Waals surface area contributed by atoms with Gasteiger partial charge in [-0.2, -0.15) is 0 Å². The molecule has 2 N–H and O–H groups in total. The van der Waals surface area contributed by atoms with Crippen LogP contribution in [-0.2, 0) is 0 Å². The van der Waals surface area contributed by atoms with Crippen molar-refractivity contribution in [3.63, 3.8) is 0 Å². The number of hydrogen-bond donors (Lipinski definition) is 2. The molecule has 1 radical (unpaired) electrons. The third-order valence-electron chi connectivity index (χ3n) is 1.86. The minimum atomic E-state index is -1.13. The highest BCUT2D eigenvalue weighted by atomic mass is 16.5. The van der Waals surface area contributed by atoms with Crippen LogP contribution in [0.4, 0.5) is 0 Å². The maximum absolute atomic E-state index is 8.57. The highest BCUT2D eigenvalue weighted by Crippen LogP contribution is 2.14. The first-order valence-electron chi connectivity index (χ1n) is 4.32. The third-order valence-corrected chi connectivity index (χ3v) is 1.86. The van der Waals surface area contributed by atoms with E-state index in [0.29, 0.717) is 12.3 Å². The molecule has 2 heteroatoms. The Labute approximate surface area is 69.2 Å². The normalized spacial score (nSPS) is 13.9. The molecule has 0 amide bonds. The molecule has 0 fully saturated rings. The molecule has 0 aromatic rings. The van der Waals surface area contributed by atoms with Crippen molar-refractivity contribution in [1.29, 1.82) is 0 Å². The molecule has 2 nitrogen and oxygen atoms in total. The van der Waals surface area contributed by atoms with Crippen molar-refractivity contribution in [2.45, 2.75) is 45.3 Å². The van der Waals surface area contributed by atoms with E-state index in [9.17, 15) is 0 Å². The van der Waals surface area contributed by atoms with Gasteiger partial charge >= 0.3 is 0 Å². The van der Waals surface area contributed by atoms with Crippen LogP contribution in [0.1, 0.15) is 39.0 Å². The number of unbranched alkanes of at least 4 members (excludes halogenated alkanes) is 1. The number of rotatable bonds is 6. The van der Waals surface area contributed by atoms with Gasteiger partial charge in [0.15, 0.2) is 6.29 Å². The molecule has 0 aliphatic heterocycles. The first-order valence-corrected chi connectivity index (χ1v) is 4.32. The molecule has 0 bridgehead atoms. The van der Waals surface area contributed by atoms with Crippen LogP contribution in [-0.4, -0.2) is 16.5 Å². The summed E-state index contributed by atoms with van der Waals surface area (Å²) in [5, 5.41) is 17.1. The summed E-state index contributed by atoms with van der Waals surface area (Å²) in [6.45, 7) is 5.89. The van der Waals surface area contributed by atoms with Crippen LogP contribution in [0.25, 0.3) is 0 Å². The van der Waals surface area contributed by atoms with E-state index in [1.54, 1.807) is 0 Å². The van der Waals surface area contributed by atoms with Gasteiger partial charge in [-0.1, -0.05) is 33.1 Å². The second-order valence-electron chi connectivity index (χ2n) is 3.16. The highest BCUT2D eigenvalue weighted by molar-refractivity contribution is 4.55. The van der Waals surface area contributed by atoms with E-state index in [1.165, 1.54) is 0 Å². The average Bonchev–Trinajstić information content (AvgIpc) is 1.97. The molecule has 0 spiro atoms. The Morgan fingerprint density at radius 3 is 2.27 bits per heavy atom. The van der Waals surface area contributed by atoms with Crippen LogP contribution in [0.3, 0.4) is 0 Å². The van der Waals surface area contributed by atoms with Crippen LogP contribution in [0, 0.1) is 12.8 Å². The van der Waals surface area contributed by atoms with E-state index < -0.39 is 6.29 Å². The monoisotopic (exact) mass is 159 g/mol. The predicted molar refractivity (Wildman–Crippen MR) is 45.8 cm³/mol. The highest BCUT2D eigenvalue weighted by Gasteiger charge is 2.03. The molecule has 0 aromatic heterocycles. The molecule has 0 heterocycles.